The van der Waals surface area contributed by atoms with Gasteiger partial charge in [0, 0.05) is 29.8 Å². The highest BCUT2D eigenvalue weighted by Crippen LogP contribution is 2.21. The number of rotatable bonds is 9. The van der Waals surface area contributed by atoms with Crippen LogP contribution in [-0.4, -0.2) is 46.7 Å². The van der Waals surface area contributed by atoms with Gasteiger partial charge in [-0.3, -0.25) is 9.20 Å². The third kappa shape index (κ3) is 5.59. The first-order valence-corrected chi connectivity index (χ1v) is 13.1. The fraction of sp³-hybridized carbons (Fsp3) is 0.174. The van der Waals surface area contributed by atoms with Crippen LogP contribution in [-0.2, 0) is 14.8 Å². The average molecular weight is 482 g/mol. The molecule has 2 aromatic carbocycles. The number of nitrogens with one attached hydrogen (secondary N) is 2. The lowest BCUT2D eigenvalue weighted by atomic mass is 10.1. The fourth-order valence-corrected chi connectivity index (χ4v) is 4.98. The van der Waals surface area contributed by atoms with E-state index in [0.717, 1.165) is 11.3 Å². The minimum absolute atomic E-state index is 0.123. The van der Waals surface area contributed by atoms with E-state index in [0.29, 0.717) is 23.6 Å². The monoisotopic (exact) mass is 481 g/mol. The van der Waals surface area contributed by atoms with Crippen molar-refractivity contribution in [3.05, 3.63) is 79.3 Å². The lowest BCUT2D eigenvalue weighted by Gasteiger charge is -2.18. The van der Waals surface area contributed by atoms with Crippen LogP contribution in [0.4, 0.5) is 5.69 Å². The number of carbonyl (C=O) groups is 1. The molecule has 1 atom stereocenters. The fourth-order valence-electron chi connectivity index (χ4n) is 3.26. The Morgan fingerprint density at radius 3 is 2.55 bits per heavy atom. The highest BCUT2D eigenvalue weighted by atomic mass is 32.2. The smallest absolute Gasteiger partial charge is 0.242 e. The second-order valence-electron chi connectivity index (χ2n) is 7.29. The summed E-state index contributed by atoms with van der Waals surface area (Å²) in [5.74, 6) is 0.830. The molecule has 0 radical (unpaired) electrons. The Hall–Kier alpha value is -3.21. The molecule has 2 N–H and O–H groups in total. The van der Waals surface area contributed by atoms with E-state index in [-0.39, 0.29) is 4.90 Å². The molecule has 0 aliphatic heterocycles. The van der Waals surface area contributed by atoms with Crippen LogP contribution in [0.5, 0.6) is 0 Å². The zero-order valence-electron chi connectivity index (χ0n) is 17.9. The molecule has 0 spiro atoms. The molecule has 0 aliphatic carbocycles. The standard InChI is InChI=1S/C23H23N5O3S2/c1-32-15-12-20(27-33(30,31)19-6-3-2-4-7-19)22(29)25-18-10-8-17(9-11-18)21-16-28-14-5-13-24-23(28)26-21/h2-11,13-14,16,20,27H,12,15H2,1H3,(H,25,29). The number of fused-ring (bicyclic) bond motifs is 1. The number of imidazole rings is 1. The van der Waals surface area contributed by atoms with E-state index in [1.807, 2.05) is 41.2 Å². The molecule has 0 fully saturated rings. The van der Waals surface area contributed by atoms with Gasteiger partial charge in [0.25, 0.3) is 0 Å². The van der Waals surface area contributed by atoms with Gasteiger partial charge in [-0.2, -0.15) is 16.5 Å². The molecule has 1 amide bonds. The van der Waals surface area contributed by atoms with E-state index in [1.54, 1.807) is 48.3 Å². The maximum atomic E-state index is 12.9. The topological polar surface area (TPSA) is 105 Å². The molecule has 0 saturated carbocycles. The Balaban J connectivity index is 1.48. The number of benzene rings is 2. The molecule has 8 nitrogen and oxygen atoms in total. The minimum atomic E-state index is -3.82. The van der Waals surface area contributed by atoms with E-state index in [1.165, 1.54) is 12.1 Å². The van der Waals surface area contributed by atoms with Crippen LogP contribution in [0.25, 0.3) is 17.0 Å². The lowest BCUT2D eigenvalue weighted by molar-refractivity contribution is -0.117. The van der Waals surface area contributed by atoms with E-state index in [9.17, 15) is 13.2 Å². The molecule has 4 rings (SSSR count). The number of thioether (sulfide) groups is 1. The van der Waals surface area contributed by atoms with Gasteiger partial charge < -0.3 is 5.32 Å². The molecule has 2 aromatic heterocycles. The van der Waals surface area contributed by atoms with Crippen molar-refractivity contribution in [1.29, 1.82) is 0 Å². The molecule has 170 valence electrons. The van der Waals surface area contributed by atoms with Crippen molar-refractivity contribution in [3.63, 3.8) is 0 Å². The van der Waals surface area contributed by atoms with Gasteiger partial charge in [0.15, 0.2) is 0 Å². The van der Waals surface area contributed by atoms with Crippen LogP contribution in [0.3, 0.4) is 0 Å². The predicted molar refractivity (Wildman–Crippen MR) is 131 cm³/mol. The normalized spacial score (nSPS) is 12.5. The number of anilines is 1. The Labute approximate surface area is 196 Å². The first kappa shape index (κ1) is 23.0. The van der Waals surface area contributed by atoms with Crippen LogP contribution in [0.1, 0.15) is 6.42 Å². The SMILES string of the molecule is CSCCC(NS(=O)(=O)c1ccccc1)C(=O)Nc1ccc(-c2cn3cccnc3n2)cc1. The average Bonchev–Trinajstić information content (AvgIpc) is 3.27. The number of nitrogens with zero attached hydrogens (tertiary/aromatic N) is 3. The maximum Gasteiger partial charge on any atom is 0.242 e. The molecule has 0 aliphatic rings. The van der Waals surface area contributed by atoms with Gasteiger partial charge in [0.2, 0.25) is 21.7 Å². The zero-order valence-corrected chi connectivity index (χ0v) is 19.5. The Morgan fingerprint density at radius 1 is 1.09 bits per heavy atom. The molecule has 10 heteroatoms. The first-order valence-electron chi connectivity index (χ1n) is 10.2. The molecule has 2 heterocycles. The minimum Gasteiger partial charge on any atom is -0.325 e. The largest absolute Gasteiger partial charge is 0.325 e. The summed E-state index contributed by atoms with van der Waals surface area (Å²) in [6.45, 7) is 0. The summed E-state index contributed by atoms with van der Waals surface area (Å²) in [5.41, 5.74) is 2.21. The summed E-state index contributed by atoms with van der Waals surface area (Å²) in [5, 5.41) is 2.82. The Kier molecular flexibility index (Phi) is 7.07. The number of aromatic nitrogens is 3. The quantitative estimate of drug-likeness (QED) is 0.379. The molecule has 33 heavy (non-hydrogen) atoms. The summed E-state index contributed by atoms with van der Waals surface area (Å²) in [6, 6.07) is 16.2. The molecule has 0 bridgehead atoms. The van der Waals surface area contributed by atoms with E-state index in [2.05, 4.69) is 20.0 Å². The van der Waals surface area contributed by atoms with Crippen LogP contribution in [0.15, 0.2) is 84.1 Å². The van der Waals surface area contributed by atoms with Gasteiger partial charge in [0.1, 0.15) is 6.04 Å². The second-order valence-corrected chi connectivity index (χ2v) is 9.99. The van der Waals surface area contributed by atoms with Gasteiger partial charge in [-0.1, -0.05) is 30.3 Å². The Bertz CT molecular complexity index is 1310. The summed E-state index contributed by atoms with van der Waals surface area (Å²) in [4.78, 5) is 21.8. The van der Waals surface area contributed by atoms with Gasteiger partial charge >= 0.3 is 0 Å². The number of hydrogen-bond donors (Lipinski definition) is 2. The highest BCUT2D eigenvalue weighted by Gasteiger charge is 2.25. The van der Waals surface area contributed by atoms with Crippen LogP contribution >= 0.6 is 11.8 Å². The first-order chi connectivity index (χ1) is 16.0. The van der Waals surface area contributed by atoms with E-state index >= 15 is 0 Å². The van der Waals surface area contributed by atoms with Crippen molar-refractivity contribution in [2.75, 3.05) is 17.3 Å². The maximum absolute atomic E-state index is 12.9. The Morgan fingerprint density at radius 2 is 1.85 bits per heavy atom. The summed E-state index contributed by atoms with van der Waals surface area (Å²) in [6.07, 6.45) is 7.72. The second kappa shape index (κ2) is 10.2. The van der Waals surface area contributed by atoms with Crippen molar-refractivity contribution < 1.29 is 13.2 Å². The zero-order chi connectivity index (χ0) is 23.3. The van der Waals surface area contributed by atoms with Crippen LogP contribution in [0, 0.1) is 0 Å². The van der Waals surface area contributed by atoms with Crippen LogP contribution in [0.2, 0.25) is 0 Å². The number of carbonyl (C=O) groups excluding carboxylic acids is 1. The summed E-state index contributed by atoms with van der Waals surface area (Å²) in [7, 11) is -3.82. The van der Waals surface area contributed by atoms with Gasteiger partial charge in [-0.05, 0) is 48.8 Å². The lowest BCUT2D eigenvalue weighted by Crippen LogP contribution is -2.44. The van der Waals surface area contributed by atoms with E-state index < -0.39 is 22.0 Å². The molecular formula is C23H23N5O3S2. The van der Waals surface area contributed by atoms with Gasteiger partial charge in [-0.25, -0.2) is 18.4 Å². The van der Waals surface area contributed by atoms with Crippen molar-refractivity contribution >= 4 is 39.2 Å². The number of sulfonamides is 1. The summed E-state index contributed by atoms with van der Waals surface area (Å²) >= 11 is 1.55. The number of amides is 1. The van der Waals surface area contributed by atoms with Crippen molar-refractivity contribution in [1.82, 2.24) is 19.1 Å². The number of hydrogen-bond acceptors (Lipinski definition) is 6. The predicted octanol–water partition coefficient (Wildman–Crippen LogP) is 3.44. The molecule has 0 saturated heterocycles. The van der Waals surface area contributed by atoms with E-state index in [4.69, 9.17) is 0 Å². The van der Waals surface area contributed by atoms with Crippen molar-refractivity contribution in [2.45, 2.75) is 17.4 Å². The van der Waals surface area contributed by atoms with Gasteiger partial charge in [0.05, 0.1) is 10.6 Å². The highest BCUT2D eigenvalue weighted by molar-refractivity contribution is 7.98. The molecular weight excluding hydrogens is 458 g/mol. The van der Waals surface area contributed by atoms with Crippen molar-refractivity contribution in [3.8, 4) is 11.3 Å². The third-order valence-electron chi connectivity index (χ3n) is 4.96. The van der Waals surface area contributed by atoms with Crippen molar-refractivity contribution in [2.24, 2.45) is 0 Å². The van der Waals surface area contributed by atoms with Gasteiger partial charge in [-0.15, -0.1) is 0 Å². The molecule has 1 unspecified atom stereocenters. The third-order valence-corrected chi connectivity index (χ3v) is 7.09. The summed E-state index contributed by atoms with van der Waals surface area (Å²) < 4.78 is 29.8. The molecule has 4 aromatic rings. The van der Waals surface area contributed by atoms with Crippen LogP contribution < -0.4 is 10.0 Å².